The molecule has 0 aliphatic heterocycles. The zero-order chi connectivity index (χ0) is 16.3. The molecule has 2 aromatic rings. The van der Waals surface area contributed by atoms with E-state index in [9.17, 15) is 9.59 Å². The lowest BCUT2D eigenvalue weighted by Crippen LogP contribution is -2.14. The third-order valence-corrected chi connectivity index (χ3v) is 3.31. The highest BCUT2D eigenvalue weighted by Gasteiger charge is 2.28. The molecule has 0 spiro atoms. The molecule has 1 N–H and O–H groups in total. The van der Waals surface area contributed by atoms with Gasteiger partial charge in [0.05, 0.1) is 24.3 Å². The Morgan fingerprint density at radius 2 is 1.82 bits per heavy atom. The summed E-state index contributed by atoms with van der Waals surface area (Å²) in [5.41, 5.74) is 0.213. The van der Waals surface area contributed by atoms with Gasteiger partial charge in [0.25, 0.3) is 0 Å². The summed E-state index contributed by atoms with van der Waals surface area (Å²) in [5.74, 6) is -1.01. The lowest BCUT2D eigenvalue weighted by atomic mass is 10.1. The molecule has 2 rings (SSSR count). The van der Waals surface area contributed by atoms with Gasteiger partial charge >= 0.3 is 12.1 Å². The highest BCUT2D eigenvalue weighted by Crippen LogP contribution is 2.38. The molecule has 22 heavy (non-hydrogen) atoms. The molecule has 1 heterocycles. The number of hydrogen-bond donors (Lipinski definition) is 1. The van der Waals surface area contributed by atoms with E-state index in [0.717, 1.165) is 7.11 Å². The molecule has 0 atom stereocenters. The molecule has 116 valence electrons. The van der Waals surface area contributed by atoms with E-state index in [2.05, 4.69) is 19.9 Å². The third kappa shape index (κ3) is 3.00. The monoisotopic (exact) mass is 344 g/mol. The molecular weight excluding hydrogens is 335 g/mol. The lowest BCUT2D eigenvalue weighted by molar-refractivity contribution is 0.0602. The summed E-state index contributed by atoms with van der Waals surface area (Å²) in [5, 5.41) is 6.50. The van der Waals surface area contributed by atoms with Crippen LogP contribution in [0.2, 0.25) is 10.0 Å². The van der Waals surface area contributed by atoms with Crippen LogP contribution < -0.4 is 5.32 Å². The normalized spacial score (nSPS) is 10.2. The van der Waals surface area contributed by atoms with Crippen LogP contribution in [0.5, 0.6) is 0 Å². The molecule has 1 aromatic heterocycles. The molecular formula is C13H10Cl2N2O5. The largest absolute Gasteiger partial charge is 0.465 e. The standard InChI is InChI=1S/C13H10Cl2N2O5/c1-20-12(18)9-10(8-6(14)4-3-5-7(8)15)17-22-11(9)16-13(19)21-2/h3-5H,1-2H3,(H,16,19). The fourth-order valence-electron chi connectivity index (χ4n) is 1.71. The molecule has 0 bridgehead atoms. The SMILES string of the molecule is COC(=O)Nc1onc(-c2c(Cl)cccc2Cl)c1C(=O)OC. The molecule has 0 unspecified atom stereocenters. The smallest absolute Gasteiger partial charge is 0.413 e. The minimum Gasteiger partial charge on any atom is -0.465 e. The number of methoxy groups -OCH3 is 2. The summed E-state index contributed by atoms with van der Waals surface area (Å²) in [6, 6.07) is 4.79. The van der Waals surface area contributed by atoms with Gasteiger partial charge in [0, 0.05) is 5.56 Å². The van der Waals surface area contributed by atoms with Crippen molar-refractivity contribution in [3.05, 3.63) is 33.8 Å². The first-order valence-electron chi connectivity index (χ1n) is 5.87. The van der Waals surface area contributed by atoms with Gasteiger partial charge in [0.15, 0.2) is 5.56 Å². The van der Waals surface area contributed by atoms with Crippen molar-refractivity contribution in [2.24, 2.45) is 0 Å². The fourth-order valence-corrected chi connectivity index (χ4v) is 2.28. The van der Waals surface area contributed by atoms with Crippen LogP contribution in [0.15, 0.2) is 22.7 Å². The second kappa shape index (κ2) is 6.67. The average molecular weight is 345 g/mol. The van der Waals surface area contributed by atoms with Crippen LogP contribution in [0.3, 0.4) is 0 Å². The number of nitrogens with zero attached hydrogens (tertiary/aromatic N) is 1. The van der Waals surface area contributed by atoms with Gasteiger partial charge < -0.3 is 14.0 Å². The van der Waals surface area contributed by atoms with Crippen molar-refractivity contribution in [1.29, 1.82) is 0 Å². The number of anilines is 1. The Hall–Kier alpha value is -2.25. The molecule has 0 aliphatic carbocycles. The van der Waals surface area contributed by atoms with Gasteiger partial charge in [-0.05, 0) is 12.1 Å². The van der Waals surface area contributed by atoms with Gasteiger partial charge in [-0.3, -0.25) is 5.32 Å². The highest BCUT2D eigenvalue weighted by atomic mass is 35.5. The number of carbonyl (C=O) groups excluding carboxylic acids is 2. The van der Waals surface area contributed by atoms with Gasteiger partial charge in [0.1, 0.15) is 5.69 Å². The summed E-state index contributed by atoms with van der Waals surface area (Å²) >= 11 is 12.2. The van der Waals surface area contributed by atoms with Crippen LogP contribution in [-0.4, -0.2) is 31.4 Å². The van der Waals surface area contributed by atoms with E-state index in [1.165, 1.54) is 7.11 Å². The number of halogens is 2. The summed E-state index contributed by atoms with van der Waals surface area (Å²) in [6.45, 7) is 0. The Bertz CT molecular complexity index is 709. The highest BCUT2D eigenvalue weighted by molar-refractivity contribution is 6.39. The van der Waals surface area contributed by atoms with E-state index in [4.69, 9.17) is 27.7 Å². The minimum atomic E-state index is -0.835. The molecule has 1 amide bonds. The predicted molar refractivity (Wildman–Crippen MR) is 79.3 cm³/mol. The van der Waals surface area contributed by atoms with Crippen LogP contribution in [0.4, 0.5) is 10.7 Å². The second-order valence-electron chi connectivity index (χ2n) is 3.94. The average Bonchev–Trinajstić information content (AvgIpc) is 2.89. The topological polar surface area (TPSA) is 90.7 Å². The Morgan fingerprint density at radius 1 is 1.18 bits per heavy atom. The second-order valence-corrected chi connectivity index (χ2v) is 4.75. The van der Waals surface area contributed by atoms with E-state index in [-0.39, 0.29) is 32.8 Å². The van der Waals surface area contributed by atoms with Crippen molar-refractivity contribution in [3.63, 3.8) is 0 Å². The summed E-state index contributed by atoms with van der Waals surface area (Å²) in [7, 11) is 2.34. The molecule has 0 radical (unpaired) electrons. The molecule has 0 aliphatic rings. The molecule has 1 aromatic carbocycles. The lowest BCUT2D eigenvalue weighted by Gasteiger charge is -2.06. The number of benzene rings is 1. The predicted octanol–water partition coefficient (Wildman–Crippen LogP) is 3.61. The first kappa shape index (κ1) is 16.1. The van der Waals surface area contributed by atoms with Gasteiger partial charge in [-0.15, -0.1) is 0 Å². The van der Waals surface area contributed by atoms with Gasteiger partial charge in [-0.25, -0.2) is 9.59 Å². The Balaban J connectivity index is 2.62. The van der Waals surface area contributed by atoms with Crippen LogP contribution >= 0.6 is 23.2 Å². The van der Waals surface area contributed by atoms with Crippen molar-refractivity contribution in [1.82, 2.24) is 5.16 Å². The molecule has 0 fully saturated rings. The minimum absolute atomic E-state index is 0.0499. The first-order chi connectivity index (χ1) is 10.5. The third-order valence-electron chi connectivity index (χ3n) is 2.68. The maximum absolute atomic E-state index is 12.0. The van der Waals surface area contributed by atoms with Gasteiger partial charge in [-0.1, -0.05) is 34.4 Å². The van der Waals surface area contributed by atoms with Crippen LogP contribution in [0.1, 0.15) is 10.4 Å². The van der Waals surface area contributed by atoms with Crippen LogP contribution in [0, 0.1) is 0 Å². The number of aromatic nitrogens is 1. The van der Waals surface area contributed by atoms with E-state index < -0.39 is 12.1 Å². The number of esters is 1. The summed E-state index contributed by atoms with van der Waals surface area (Å²) in [4.78, 5) is 23.3. The summed E-state index contributed by atoms with van der Waals surface area (Å²) in [6.07, 6.45) is -0.835. The Morgan fingerprint density at radius 3 is 2.36 bits per heavy atom. The Kier molecular flexibility index (Phi) is 4.89. The Labute approximate surface area is 135 Å². The molecule has 9 heteroatoms. The van der Waals surface area contributed by atoms with Gasteiger partial charge in [0.2, 0.25) is 5.88 Å². The quantitative estimate of drug-likeness (QED) is 0.855. The zero-order valence-corrected chi connectivity index (χ0v) is 13.0. The molecule has 7 nitrogen and oxygen atoms in total. The van der Waals surface area contributed by atoms with Crippen LogP contribution in [0.25, 0.3) is 11.3 Å². The van der Waals surface area contributed by atoms with Crippen molar-refractivity contribution in [2.45, 2.75) is 0 Å². The van der Waals surface area contributed by atoms with E-state index in [1.54, 1.807) is 18.2 Å². The number of rotatable bonds is 3. The molecule has 0 saturated carbocycles. The number of amides is 1. The van der Waals surface area contributed by atoms with E-state index in [1.807, 2.05) is 0 Å². The number of hydrogen-bond acceptors (Lipinski definition) is 6. The number of carbonyl (C=O) groups is 2. The van der Waals surface area contributed by atoms with Crippen LogP contribution in [-0.2, 0) is 9.47 Å². The van der Waals surface area contributed by atoms with Gasteiger partial charge in [-0.2, -0.15) is 0 Å². The van der Waals surface area contributed by atoms with Crippen molar-refractivity contribution in [3.8, 4) is 11.3 Å². The van der Waals surface area contributed by atoms with Crippen molar-refractivity contribution < 1.29 is 23.6 Å². The fraction of sp³-hybridized carbons (Fsp3) is 0.154. The van der Waals surface area contributed by atoms with E-state index >= 15 is 0 Å². The molecule has 0 saturated heterocycles. The van der Waals surface area contributed by atoms with Crippen molar-refractivity contribution >= 4 is 41.1 Å². The van der Waals surface area contributed by atoms with Crippen molar-refractivity contribution in [2.75, 3.05) is 19.5 Å². The number of ether oxygens (including phenoxy) is 2. The maximum atomic E-state index is 12.0. The zero-order valence-electron chi connectivity index (χ0n) is 11.5. The number of nitrogens with one attached hydrogen (secondary N) is 1. The summed E-state index contributed by atoms with van der Waals surface area (Å²) < 4.78 is 14.1. The maximum Gasteiger partial charge on any atom is 0.413 e. The van der Waals surface area contributed by atoms with E-state index in [0.29, 0.717) is 0 Å². The first-order valence-corrected chi connectivity index (χ1v) is 6.62.